The van der Waals surface area contributed by atoms with Gasteiger partial charge in [0, 0.05) is 10.4 Å². The molecule has 3 amide bonds. The molecule has 4 rings (SSSR count). The summed E-state index contributed by atoms with van der Waals surface area (Å²) >= 11 is 1.31. The second-order valence-corrected chi connectivity index (χ2v) is 11.5. The maximum atomic E-state index is 13.5. The summed E-state index contributed by atoms with van der Waals surface area (Å²) in [5.74, 6) is -3.37. The number of carbonyl (C=O) groups is 5. The molecule has 4 atom stereocenters. The number of aryl methyl sites for hydroxylation is 1. The van der Waals surface area contributed by atoms with E-state index >= 15 is 0 Å². The molecular formula is C26H30N4O7S. The summed E-state index contributed by atoms with van der Waals surface area (Å²) in [5, 5.41) is 14.6. The van der Waals surface area contributed by atoms with Crippen LogP contribution in [0.4, 0.5) is 0 Å². The first-order valence-electron chi connectivity index (χ1n) is 12.1. The summed E-state index contributed by atoms with van der Waals surface area (Å²) < 4.78 is 4.31. The molecule has 3 heterocycles. The number of thioether (sulfide) groups is 1. The van der Waals surface area contributed by atoms with Crippen molar-refractivity contribution in [3.05, 3.63) is 58.4 Å². The average Bonchev–Trinajstić information content (AvgIpc) is 3.31. The van der Waals surface area contributed by atoms with Crippen LogP contribution in [0.25, 0.3) is 0 Å². The van der Waals surface area contributed by atoms with Crippen LogP contribution in [-0.2, 0) is 19.1 Å². The highest BCUT2D eigenvalue weighted by atomic mass is 32.2. The van der Waals surface area contributed by atoms with Gasteiger partial charge in [0.1, 0.15) is 29.2 Å². The molecule has 2 saturated heterocycles. The van der Waals surface area contributed by atoms with Gasteiger partial charge in [0.15, 0.2) is 0 Å². The molecule has 2 aliphatic rings. The number of H-pyrrole nitrogens is 1. The molecule has 2 fully saturated rings. The molecule has 0 aliphatic carbocycles. The van der Waals surface area contributed by atoms with Crippen molar-refractivity contribution in [2.75, 3.05) is 6.61 Å². The Bertz CT molecular complexity index is 1310. The predicted octanol–water partition coefficient (Wildman–Crippen LogP) is 1.91. The third-order valence-electron chi connectivity index (χ3n) is 6.79. The van der Waals surface area contributed by atoms with Crippen molar-refractivity contribution in [2.24, 2.45) is 0 Å². The Labute approximate surface area is 223 Å². The molecule has 38 heavy (non-hydrogen) atoms. The number of benzene rings is 1. The van der Waals surface area contributed by atoms with Crippen LogP contribution in [0.3, 0.4) is 0 Å². The number of fused-ring (bicyclic) bond motifs is 1. The lowest BCUT2D eigenvalue weighted by atomic mass is 9.95. The van der Waals surface area contributed by atoms with E-state index in [2.05, 4.69) is 15.6 Å². The van der Waals surface area contributed by atoms with Crippen LogP contribution in [0.1, 0.15) is 64.5 Å². The predicted molar refractivity (Wildman–Crippen MR) is 139 cm³/mol. The van der Waals surface area contributed by atoms with Gasteiger partial charge in [-0.15, -0.1) is 11.8 Å². The number of carbonyl (C=O) groups excluding carboxylic acids is 4. The minimum Gasteiger partial charge on any atom is -0.480 e. The van der Waals surface area contributed by atoms with Crippen molar-refractivity contribution in [1.82, 2.24) is 20.5 Å². The molecule has 4 N–H and O–H groups in total. The van der Waals surface area contributed by atoms with Gasteiger partial charge in [-0.1, -0.05) is 30.3 Å². The Kier molecular flexibility index (Phi) is 7.29. The fourth-order valence-corrected chi connectivity index (χ4v) is 6.65. The maximum Gasteiger partial charge on any atom is 0.355 e. The van der Waals surface area contributed by atoms with E-state index in [0.29, 0.717) is 16.8 Å². The summed E-state index contributed by atoms with van der Waals surface area (Å²) in [6.07, 6.45) is 0. The zero-order valence-electron chi connectivity index (χ0n) is 21.7. The zero-order chi connectivity index (χ0) is 27.9. The largest absolute Gasteiger partial charge is 0.480 e. The molecule has 0 spiro atoms. The standard InChI is InChI=1S/C26H30N4O7S/c1-6-37-25(36)16-12(2)15(13(3)27-16)20(31)28-17(14-10-8-7-9-11-14)21(32)29-18-22(33)30-19(24(34)35)26(4,5)38-23(18)30/h7-11,17-19,23,27H,6H2,1-5H3,(H,28,31)(H,29,32)(H,34,35)/t17?,18-,19+,23-/m1/s1. The van der Waals surface area contributed by atoms with Gasteiger partial charge in [-0.2, -0.15) is 0 Å². The van der Waals surface area contributed by atoms with E-state index in [4.69, 9.17) is 4.74 Å². The third kappa shape index (κ3) is 4.64. The Morgan fingerprint density at radius 3 is 2.45 bits per heavy atom. The van der Waals surface area contributed by atoms with Crippen LogP contribution in [0.15, 0.2) is 30.3 Å². The van der Waals surface area contributed by atoms with E-state index in [1.807, 2.05) is 0 Å². The lowest BCUT2D eigenvalue weighted by molar-refractivity contribution is -0.161. The monoisotopic (exact) mass is 542 g/mol. The van der Waals surface area contributed by atoms with E-state index in [1.165, 1.54) is 16.7 Å². The topological polar surface area (TPSA) is 158 Å². The number of carboxylic acid groups (broad SMARTS) is 1. The van der Waals surface area contributed by atoms with Gasteiger partial charge >= 0.3 is 11.9 Å². The highest BCUT2D eigenvalue weighted by molar-refractivity contribution is 8.01. The second-order valence-electron chi connectivity index (χ2n) is 9.75. The van der Waals surface area contributed by atoms with E-state index in [1.54, 1.807) is 65.0 Å². The zero-order valence-corrected chi connectivity index (χ0v) is 22.5. The fourth-order valence-electron chi connectivity index (χ4n) is 5.03. The molecule has 11 nitrogen and oxygen atoms in total. The lowest BCUT2D eigenvalue weighted by Gasteiger charge is -2.44. The highest BCUT2D eigenvalue weighted by Gasteiger charge is 2.64. The number of hydrogen-bond acceptors (Lipinski definition) is 7. The van der Waals surface area contributed by atoms with Gasteiger partial charge in [-0.25, -0.2) is 9.59 Å². The highest BCUT2D eigenvalue weighted by Crippen LogP contribution is 2.50. The second kappa shape index (κ2) is 10.2. The first-order chi connectivity index (χ1) is 17.9. The van der Waals surface area contributed by atoms with Crippen molar-refractivity contribution in [2.45, 2.75) is 62.9 Å². The number of hydrogen-bond donors (Lipinski definition) is 4. The minimum atomic E-state index is -1.15. The van der Waals surface area contributed by atoms with E-state index in [-0.39, 0.29) is 17.9 Å². The Balaban J connectivity index is 1.57. The van der Waals surface area contributed by atoms with Crippen molar-refractivity contribution < 1.29 is 33.8 Å². The van der Waals surface area contributed by atoms with Crippen LogP contribution in [-0.4, -0.2) is 73.5 Å². The van der Waals surface area contributed by atoms with Crippen molar-refractivity contribution >= 4 is 41.4 Å². The Morgan fingerprint density at radius 2 is 1.84 bits per heavy atom. The molecule has 0 bridgehead atoms. The minimum absolute atomic E-state index is 0.157. The number of aromatic amines is 1. The molecule has 0 radical (unpaired) electrons. The molecule has 1 unspecified atom stereocenters. The smallest absolute Gasteiger partial charge is 0.355 e. The Morgan fingerprint density at radius 1 is 1.18 bits per heavy atom. The number of carboxylic acids is 1. The van der Waals surface area contributed by atoms with Crippen molar-refractivity contribution in [3.63, 3.8) is 0 Å². The number of ether oxygens (including phenoxy) is 1. The van der Waals surface area contributed by atoms with Crippen LogP contribution >= 0.6 is 11.8 Å². The summed E-state index contributed by atoms with van der Waals surface area (Å²) in [7, 11) is 0. The van der Waals surface area contributed by atoms with Crippen molar-refractivity contribution in [1.29, 1.82) is 0 Å². The first kappa shape index (κ1) is 27.2. The average molecular weight is 543 g/mol. The van der Waals surface area contributed by atoms with Crippen molar-refractivity contribution in [3.8, 4) is 0 Å². The van der Waals surface area contributed by atoms with E-state index < -0.39 is 57.9 Å². The van der Waals surface area contributed by atoms with Gasteiger partial charge in [-0.05, 0) is 45.7 Å². The quantitative estimate of drug-likeness (QED) is 0.291. The number of nitrogens with zero attached hydrogens (tertiary/aromatic N) is 1. The molecule has 2 aromatic rings. The molecule has 0 saturated carbocycles. The number of nitrogens with one attached hydrogen (secondary N) is 3. The van der Waals surface area contributed by atoms with E-state index in [0.717, 1.165) is 0 Å². The molecule has 12 heteroatoms. The number of amides is 3. The van der Waals surface area contributed by atoms with Gasteiger partial charge in [0.2, 0.25) is 11.8 Å². The first-order valence-corrected chi connectivity index (χ1v) is 13.0. The molecule has 202 valence electrons. The van der Waals surface area contributed by atoms with Gasteiger partial charge in [-0.3, -0.25) is 14.4 Å². The SMILES string of the molecule is CCOC(=O)c1[nH]c(C)c(C(=O)NC(C(=O)N[C@@H]2C(=O)N3[C@@H]2SC(C)(C)[C@@H]3C(=O)O)c2ccccc2)c1C. The van der Waals surface area contributed by atoms with Gasteiger partial charge in [0.25, 0.3) is 5.91 Å². The van der Waals surface area contributed by atoms with Gasteiger partial charge < -0.3 is 30.4 Å². The summed E-state index contributed by atoms with van der Waals surface area (Å²) in [5.41, 5.74) is 1.68. The summed E-state index contributed by atoms with van der Waals surface area (Å²) in [6.45, 7) is 8.61. The third-order valence-corrected chi connectivity index (χ3v) is 8.36. The van der Waals surface area contributed by atoms with Crippen LogP contribution in [0, 0.1) is 13.8 Å². The number of aromatic nitrogens is 1. The maximum absolute atomic E-state index is 13.5. The van der Waals surface area contributed by atoms with Crippen LogP contribution in [0.5, 0.6) is 0 Å². The van der Waals surface area contributed by atoms with Crippen LogP contribution < -0.4 is 10.6 Å². The lowest BCUT2D eigenvalue weighted by Crippen LogP contribution is -2.71. The molecular weight excluding hydrogens is 512 g/mol. The summed E-state index contributed by atoms with van der Waals surface area (Å²) in [4.78, 5) is 68.0. The van der Waals surface area contributed by atoms with Gasteiger partial charge in [0.05, 0.1) is 12.2 Å². The molecule has 1 aromatic carbocycles. The molecule has 1 aromatic heterocycles. The number of β-lactam (4-membered cyclic amide) rings is 1. The number of esters is 1. The molecule has 2 aliphatic heterocycles. The number of aliphatic carboxylic acids is 1. The number of rotatable bonds is 8. The fraction of sp³-hybridized carbons (Fsp3) is 0.423. The summed E-state index contributed by atoms with van der Waals surface area (Å²) in [6, 6.07) is 5.47. The normalized spacial score (nSPS) is 22.2. The Hall–Kier alpha value is -3.80. The van der Waals surface area contributed by atoms with Crippen LogP contribution in [0.2, 0.25) is 0 Å². The van der Waals surface area contributed by atoms with E-state index in [9.17, 15) is 29.1 Å².